The van der Waals surface area contributed by atoms with E-state index in [9.17, 15) is 24.1 Å². The third-order valence-corrected chi connectivity index (χ3v) is 6.39. The van der Waals surface area contributed by atoms with Crippen LogP contribution in [0.3, 0.4) is 0 Å². The maximum Gasteiger partial charge on any atom is 0.293 e. The van der Waals surface area contributed by atoms with Crippen molar-refractivity contribution in [3.05, 3.63) is 109 Å². The predicted octanol–water partition coefficient (Wildman–Crippen LogP) is 6.31. The molecule has 0 aromatic heterocycles. The summed E-state index contributed by atoms with van der Waals surface area (Å²) in [7, 11) is 0. The van der Waals surface area contributed by atoms with Gasteiger partial charge in [0, 0.05) is 27.2 Å². The van der Waals surface area contributed by atoms with Gasteiger partial charge >= 0.3 is 0 Å². The molecule has 2 amide bonds. The van der Waals surface area contributed by atoms with Crippen molar-refractivity contribution in [1.29, 1.82) is 0 Å². The lowest BCUT2D eigenvalue weighted by Crippen LogP contribution is -2.27. The summed E-state index contributed by atoms with van der Waals surface area (Å²) in [4.78, 5) is 37.4. The Hall–Kier alpha value is -3.50. The number of para-hydroxylation sites is 1. The van der Waals surface area contributed by atoms with Gasteiger partial charge in [-0.3, -0.25) is 24.6 Å². The van der Waals surface area contributed by atoms with Crippen LogP contribution in [-0.2, 0) is 17.9 Å². The highest BCUT2D eigenvalue weighted by Gasteiger charge is 2.36. The number of hydrogen-bond acceptors (Lipinski definition) is 6. The second kappa shape index (κ2) is 10.2. The van der Waals surface area contributed by atoms with Crippen LogP contribution in [0.4, 0.5) is 14.9 Å². The molecule has 34 heavy (non-hydrogen) atoms. The largest absolute Gasteiger partial charge is 0.488 e. The highest BCUT2D eigenvalue weighted by molar-refractivity contribution is 9.10. The summed E-state index contributed by atoms with van der Waals surface area (Å²) in [6, 6.07) is 17.3. The number of halogens is 2. The van der Waals surface area contributed by atoms with Gasteiger partial charge in [0.25, 0.3) is 16.8 Å². The molecule has 0 bridgehead atoms. The number of rotatable bonds is 7. The number of carbonyl (C=O) groups excluding carboxylic acids is 2. The van der Waals surface area contributed by atoms with Gasteiger partial charge in [-0.15, -0.1) is 0 Å². The first-order valence-corrected chi connectivity index (χ1v) is 11.6. The van der Waals surface area contributed by atoms with Crippen molar-refractivity contribution >= 4 is 50.6 Å². The van der Waals surface area contributed by atoms with Crippen LogP contribution < -0.4 is 4.74 Å². The number of thioether (sulfide) groups is 1. The van der Waals surface area contributed by atoms with E-state index in [1.807, 2.05) is 0 Å². The minimum Gasteiger partial charge on any atom is -0.488 e. The molecule has 0 spiro atoms. The smallest absolute Gasteiger partial charge is 0.293 e. The van der Waals surface area contributed by atoms with Gasteiger partial charge in [0.05, 0.1) is 16.4 Å². The monoisotopic (exact) mass is 542 g/mol. The van der Waals surface area contributed by atoms with Crippen LogP contribution in [0.5, 0.6) is 5.75 Å². The van der Waals surface area contributed by atoms with Crippen molar-refractivity contribution in [2.75, 3.05) is 0 Å². The molecule has 7 nitrogen and oxygen atoms in total. The SMILES string of the molecule is O=C1S/C(=C\c2cc(Br)ccc2OCc2ccccc2F)C(=O)N1Cc1ccccc1[N+](=O)[O-]. The van der Waals surface area contributed by atoms with E-state index in [4.69, 9.17) is 4.74 Å². The van der Waals surface area contributed by atoms with Crippen molar-refractivity contribution in [2.45, 2.75) is 13.2 Å². The molecule has 0 aliphatic carbocycles. The fraction of sp³-hybridized carbons (Fsp3) is 0.0833. The van der Waals surface area contributed by atoms with Gasteiger partial charge in [-0.05, 0) is 42.1 Å². The average Bonchev–Trinajstić information content (AvgIpc) is 3.07. The van der Waals surface area contributed by atoms with Gasteiger partial charge in [0.2, 0.25) is 0 Å². The Balaban J connectivity index is 1.58. The van der Waals surface area contributed by atoms with E-state index in [0.29, 0.717) is 16.9 Å². The zero-order chi connectivity index (χ0) is 24.2. The minimum atomic E-state index is -0.562. The number of benzene rings is 3. The summed E-state index contributed by atoms with van der Waals surface area (Å²) < 4.78 is 20.5. The Bertz CT molecular complexity index is 1330. The number of nitro groups is 1. The van der Waals surface area contributed by atoms with Crippen molar-refractivity contribution < 1.29 is 23.6 Å². The highest BCUT2D eigenvalue weighted by Crippen LogP contribution is 2.36. The molecule has 3 aromatic rings. The van der Waals surface area contributed by atoms with Gasteiger partial charge in [0.15, 0.2) is 0 Å². The number of imide groups is 1. The predicted molar refractivity (Wildman–Crippen MR) is 129 cm³/mol. The second-order valence-electron chi connectivity index (χ2n) is 7.22. The lowest BCUT2D eigenvalue weighted by Gasteiger charge is -2.13. The number of amides is 2. The molecule has 1 saturated heterocycles. The maximum absolute atomic E-state index is 13.9. The van der Waals surface area contributed by atoms with Crippen molar-refractivity contribution in [3.63, 3.8) is 0 Å². The van der Waals surface area contributed by atoms with Crippen molar-refractivity contribution in [2.24, 2.45) is 0 Å². The first-order chi connectivity index (χ1) is 16.3. The Morgan fingerprint density at radius 2 is 1.76 bits per heavy atom. The molecule has 0 saturated carbocycles. The summed E-state index contributed by atoms with van der Waals surface area (Å²) in [6.45, 7) is -0.234. The molecule has 10 heteroatoms. The number of nitrogens with zero attached hydrogens (tertiary/aromatic N) is 2. The van der Waals surface area contributed by atoms with Crippen molar-refractivity contribution in [1.82, 2.24) is 4.90 Å². The average molecular weight is 543 g/mol. The standard InChI is InChI=1S/C24H16BrFN2O5S/c25-18-9-10-21(33-14-16-6-1-3-7-19(16)26)17(11-18)12-22-23(29)27(24(30)34-22)13-15-5-2-4-8-20(15)28(31)32/h1-12H,13-14H2/b22-12-. The van der Waals surface area contributed by atoms with Crippen LogP contribution in [0.15, 0.2) is 76.1 Å². The zero-order valence-electron chi connectivity index (χ0n) is 17.4. The van der Waals surface area contributed by atoms with Gasteiger partial charge < -0.3 is 4.74 Å². The fourth-order valence-electron chi connectivity index (χ4n) is 3.31. The van der Waals surface area contributed by atoms with Gasteiger partial charge in [-0.2, -0.15) is 0 Å². The molecule has 1 fully saturated rings. The molecule has 0 N–H and O–H groups in total. The summed E-state index contributed by atoms with van der Waals surface area (Å²) in [5.41, 5.74) is 0.983. The minimum absolute atomic E-state index is 0.0195. The Morgan fingerprint density at radius 3 is 2.50 bits per heavy atom. The topological polar surface area (TPSA) is 89.8 Å². The van der Waals surface area contributed by atoms with Crippen LogP contribution in [0.2, 0.25) is 0 Å². The lowest BCUT2D eigenvalue weighted by atomic mass is 10.1. The second-order valence-corrected chi connectivity index (χ2v) is 9.12. The van der Waals surface area contributed by atoms with Crippen LogP contribution >= 0.6 is 27.7 Å². The normalized spacial score (nSPS) is 14.6. The molecule has 0 unspecified atom stereocenters. The summed E-state index contributed by atoms with van der Waals surface area (Å²) >= 11 is 4.12. The fourth-order valence-corrected chi connectivity index (χ4v) is 4.51. The van der Waals surface area contributed by atoms with Crippen molar-refractivity contribution in [3.8, 4) is 5.75 Å². The van der Waals surface area contributed by atoms with E-state index >= 15 is 0 Å². The summed E-state index contributed by atoms with van der Waals surface area (Å²) in [6.07, 6.45) is 1.52. The lowest BCUT2D eigenvalue weighted by molar-refractivity contribution is -0.385. The van der Waals surface area contributed by atoms with E-state index in [-0.39, 0.29) is 29.3 Å². The molecule has 0 radical (unpaired) electrons. The first kappa shape index (κ1) is 23.7. The van der Waals surface area contributed by atoms with E-state index in [2.05, 4.69) is 15.9 Å². The Labute approximate surface area is 206 Å². The summed E-state index contributed by atoms with van der Waals surface area (Å²) in [5.74, 6) is -0.553. The van der Waals surface area contributed by atoms with E-state index in [1.165, 1.54) is 30.3 Å². The molecule has 0 atom stereocenters. The van der Waals surface area contributed by atoms with Gasteiger partial charge in [-0.25, -0.2) is 4.39 Å². The molecule has 1 aliphatic rings. The van der Waals surface area contributed by atoms with Crippen LogP contribution in [0.1, 0.15) is 16.7 Å². The molecule has 4 rings (SSSR count). The maximum atomic E-state index is 13.9. The molecule has 3 aromatic carbocycles. The quantitative estimate of drug-likeness (QED) is 0.197. The van der Waals surface area contributed by atoms with Gasteiger partial charge in [-0.1, -0.05) is 52.3 Å². The zero-order valence-corrected chi connectivity index (χ0v) is 19.8. The molecule has 1 aliphatic heterocycles. The highest BCUT2D eigenvalue weighted by atomic mass is 79.9. The van der Waals surface area contributed by atoms with E-state index in [0.717, 1.165) is 21.1 Å². The molecular weight excluding hydrogens is 527 g/mol. The summed E-state index contributed by atoms with van der Waals surface area (Å²) in [5, 5.41) is 10.7. The van der Waals surface area contributed by atoms with E-state index < -0.39 is 21.9 Å². The van der Waals surface area contributed by atoms with Gasteiger partial charge in [0.1, 0.15) is 18.2 Å². The van der Waals surface area contributed by atoms with Crippen LogP contribution in [-0.4, -0.2) is 21.0 Å². The third kappa shape index (κ3) is 5.18. The van der Waals surface area contributed by atoms with Crippen LogP contribution in [0, 0.1) is 15.9 Å². The third-order valence-electron chi connectivity index (χ3n) is 4.99. The Morgan fingerprint density at radius 1 is 1.06 bits per heavy atom. The number of carbonyl (C=O) groups is 2. The van der Waals surface area contributed by atoms with Crippen LogP contribution in [0.25, 0.3) is 6.08 Å². The first-order valence-electron chi connectivity index (χ1n) is 9.97. The number of hydrogen-bond donors (Lipinski definition) is 0. The molecule has 172 valence electrons. The molecule has 1 heterocycles. The Kier molecular flexibility index (Phi) is 7.09. The molecular formula is C24H16BrFN2O5S. The van der Waals surface area contributed by atoms with E-state index in [1.54, 1.807) is 42.5 Å². The number of ether oxygens (including phenoxy) is 1. The number of nitro benzene ring substituents is 1.